The molecule has 0 saturated carbocycles. The molecule has 0 fully saturated rings. The molecule has 0 heterocycles. The number of hydrogen-bond donors (Lipinski definition) is 0. The summed E-state index contributed by atoms with van der Waals surface area (Å²) < 4.78 is 0. The molecule has 466 valence electrons. The zero-order chi connectivity index (χ0) is 66.3. The second kappa shape index (κ2) is 25.9. The third-order valence-electron chi connectivity index (χ3n) is 20.2. The van der Waals surface area contributed by atoms with E-state index in [2.05, 4.69) is 400 Å². The third kappa shape index (κ3) is 11.0. The van der Waals surface area contributed by atoms with Crippen LogP contribution in [-0.4, -0.2) is 0 Å². The molecule has 0 heteroatoms. The standard InChI is InChI=1S/C54H36.C46H30/c1-4-16-37(17-5-1)44-34-45(38-18-6-2-7-19-38)36-46(35-44)41-30-28-39-29-31-42(33-43(39)32-41)53-49-24-12-14-26-51(49)54(52-27-15-13-25-50(52)53)48-23-11-10-22-47(48)40-20-8-3-9-21-40;1-2-13-33(14-3-1)39-16-6-7-17-40(39)46-43-20-10-8-18-41(43)45(42-19-9-11-21-44(42)46)37-27-24-32-23-26-36(29-38(32)30-37)35-25-22-31-12-4-5-15-34(31)28-35/h1-36H;1-30H. The number of rotatable bonds is 10. The quantitative estimate of drug-likeness (QED) is 0.120. The van der Waals surface area contributed by atoms with Crippen LogP contribution in [0.3, 0.4) is 0 Å². The van der Waals surface area contributed by atoms with E-state index in [4.69, 9.17) is 0 Å². The summed E-state index contributed by atoms with van der Waals surface area (Å²) in [6, 6.07) is 146. The lowest BCUT2D eigenvalue weighted by molar-refractivity contribution is 1.57. The van der Waals surface area contributed by atoms with Gasteiger partial charge in [-0.05, 0) is 235 Å². The third-order valence-corrected chi connectivity index (χ3v) is 20.2. The van der Waals surface area contributed by atoms with Gasteiger partial charge in [-0.3, -0.25) is 0 Å². The van der Waals surface area contributed by atoms with Crippen molar-refractivity contribution >= 4 is 75.4 Å². The molecule has 0 saturated heterocycles. The smallest absolute Gasteiger partial charge is 0.00201 e. The summed E-state index contributed by atoms with van der Waals surface area (Å²) in [6.07, 6.45) is 0. The van der Waals surface area contributed by atoms with Gasteiger partial charge in [0.05, 0.1) is 0 Å². The molecule has 19 aromatic carbocycles. The lowest BCUT2D eigenvalue weighted by atomic mass is 9.83. The van der Waals surface area contributed by atoms with E-state index >= 15 is 0 Å². The van der Waals surface area contributed by atoms with Crippen molar-refractivity contribution in [1.29, 1.82) is 0 Å². The van der Waals surface area contributed by atoms with Crippen LogP contribution in [0.25, 0.3) is 187 Å². The molecule has 0 aliphatic heterocycles. The molecule has 0 atom stereocenters. The molecule has 19 rings (SSSR count). The van der Waals surface area contributed by atoms with E-state index in [1.54, 1.807) is 0 Å². The average Bonchev–Trinajstić information content (AvgIpc) is 0.734. The van der Waals surface area contributed by atoms with E-state index in [1.807, 2.05) is 0 Å². The van der Waals surface area contributed by atoms with Gasteiger partial charge in [-0.15, -0.1) is 0 Å². The van der Waals surface area contributed by atoms with Crippen LogP contribution in [0.15, 0.2) is 400 Å². The van der Waals surface area contributed by atoms with Gasteiger partial charge in [0.25, 0.3) is 0 Å². The molecule has 0 spiro atoms. The maximum absolute atomic E-state index is 2.39. The van der Waals surface area contributed by atoms with Crippen LogP contribution in [-0.2, 0) is 0 Å². The highest BCUT2D eigenvalue weighted by atomic mass is 14.3. The molecule has 0 amide bonds. The molecule has 19 aromatic rings. The Morgan fingerprint density at radius 2 is 0.330 bits per heavy atom. The molecule has 0 unspecified atom stereocenters. The van der Waals surface area contributed by atoms with E-state index in [9.17, 15) is 0 Å². The van der Waals surface area contributed by atoms with Crippen molar-refractivity contribution in [3.63, 3.8) is 0 Å². The van der Waals surface area contributed by atoms with Gasteiger partial charge in [0.2, 0.25) is 0 Å². The van der Waals surface area contributed by atoms with Gasteiger partial charge in [0.15, 0.2) is 0 Å². The van der Waals surface area contributed by atoms with Crippen LogP contribution in [0.2, 0.25) is 0 Å². The fourth-order valence-corrected chi connectivity index (χ4v) is 15.5. The van der Waals surface area contributed by atoms with Gasteiger partial charge in [-0.2, -0.15) is 0 Å². The average molecular weight is 1270 g/mol. The summed E-state index contributed by atoms with van der Waals surface area (Å²) in [6.45, 7) is 0. The normalized spacial score (nSPS) is 11.4. The van der Waals surface area contributed by atoms with Gasteiger partial charge < -0.3 is 0 Å². The van der Waals surface area contributed by atoms with Crippen LogP contribution >= 0.6 is 0 Å². The first kappa shape index (κ1) is 59.5. The Morgan fingerprint density at radius 3 is 0.690 bits per heavy atom. The van der Waals surface area contributed by atoms with Crippen LogP contribution in [0.4, 0.5) is 0 Å². The Labute approximate surface area is 583 Å². The zero-order valence-corrected chi connectivity index (χ0v) is 55.1. The van der Waals surface area contributed by atoms with Gasteiger partial charge in [-0.1, -0.05) is 352 Å². The Bertz CT molecular complexity index is 6130. The highest BCUT2D eigenvalue weighted by Gasteiger charge is 2.22. The van der Waals surface area contributed by atoms with E-state index in [0.717, 1.165) is 0 Å². The van der Waals surface area contributed by atoms with Crippen molar-refractivity contribution in [2.24, 2.45) is 0 Å². The molecule has 0 N–H and O–H groups in total. The summed E-state index contributed by atoms with van der Waals surface area (Å²) in [5, 5.41) is 17.6. The van der Waals surface area contributed by atoms with E-state index in [-0.39, 0.29) is 0 Å². The minimum absolute atomic E-state index is 1.21. The molecule has 0 bridgehead atoms. The van der Waals surface area contributed by atoms with Crippen LogP contribution in [0, 0.1) is 0 Å². The molecule has 0 aliphatic rings. The van der Waals surface area contributed by atoms with Gasteiger partial charge in [-0.25, -0.2) is 0 Å². The lowest BCUT2D eigenvalue weighted by Crippen LogP contribution is -1.92. The van der Waals surface area contributed by atoms with Crippen molar-refractivity contribution in [2.75, 3.05) is 0 Å². The second-order valence-electron chi connectivity index (χ2n) is 26.2. The van der Waals surface area contributed by atoms with E-state index < -0.39 is 0 Å². The minimum Gasteiger partial charge on any atom is -0.0622 e. The fraction of sp³-hybridized carbons (Fsp3) is 0. The molecule has 0 aliphatic carbocycles. The number of fused-ring (bicyclic) bond motifs is 7. The van der Waals surface area contributed by atoms with Crippen molar-refractivity contribution in [3.8, 4) is 111 Å². The molecule has 0 radical (unpaired) electrons. The van der Waals surface area contributed by atoms with Crippen molar-refractivity contribution in [3.05, 3.63) is 400 Å². The maximum atomic E-state index is 2.39. The SMILES string of the molecule is c1ccc(-c2cc(-c3ccccc3)cc(-c3ccc4ccc(-c5c6ccccc6c(-c6ccccc6-c6ccccc6)c6ccccc56)cc4c3)c2)cc1.c1ccc(-c2ccccc2-c2c3ccccc3c(-c3ccc4ccc(-c5ccc6ccccc6c5)cc4c3)c3ccccc23)cc1. The van der Waals surface area contributed by atoms with E-state index in [1.165, 1.54) is 187 Å². The largest absolute Gasteiger partial charge is 0.0622 e. The summed E-state index contributed by atoms with van der Waals surface area (Å²) >= 11 is 0. The Kier molecular flexibility index (Phi) is 15.4. The lowest BCUT2D eigenvalue weighted by Gasteiger charge is -2.20. The fourth-order valence-electron chi connectivity index (χ4n) is 15.5. The van der Waals surface area contributed by atoms with Gasteiger partial charge in [0.1, 0.15) is 0 Å². The maximum Gasteiger partial charge on any atom is -0.00201 e. The first-order valence-electron chi connectivity index (χ1n) is 34.6. The highest BCUT2D eigenvalue weighted by Crippen LogP contribution is 2.49. The van der Waals surface area contributed by atoms with Gasteiger partial charge in [0, 0.05) is 0 Å². The van der Waals surface area contributed by atoms with Crippen molar-refractivity contribution in [2.45, 2.75) is 0 Å². The highest BCUT2D eigenvalue weighted by molar-refractivity contribution is 6.24. The van der Waals surface area contributed by atoms with Gasteiger partial charge >= 0.3 is 0 Å². The monoisotopic (exact) mass is 1270 g/mol. The Morgan fingerprint density at radius 1 is 0.100 bits per heavy atom. The Balaban J connectivity index is 0.000000146. The molecular weight excluding hydrogens is 1200 g/mol. The number of hydrogen-bond acceptors (Lipinski definition) is 0. The van der Waals surface area contributed by atoms with Crippen molar-refractivity contribution < 1.29 is 0 Å². The predicted octanol–water partition coefficient (Wildman–Crippen LogP) is 28.1. The predicted molar refractivity (Wildman–Crippen MR) is 430 cm³/mol. The minimum atomic E-state index is 1.21. The first-order chi connectivity index (χ1) is 49.6. The summed E-state index contributed by atoms with van der Waals surface area (Å²) in [5.74, 6) is 0. The Hall–Kier alpha value is -13.0. The molecule has 0 aromatic heterocycles. The zero-order valence-electron chi connectivity index (χ0n) is 55.1. The van der Waals surface area contributed by atoms with Crippen LogP contribution < -0.4 is 0 Å². The number of benzene rings is 19. The van der Waals surface area contributed by atoms with Crippen LogP contribution in [0.1, 0.15) is 0 Å². The first-order valence-corrected chi connectivity index (χ1v) is 34.6. The summed E-state index contributed by atoms with van der Waals surface area (Å²) in [4.78, 5) is 0. The summed E-state index contributed by atoms with van der Waals surface area (Å²) in [5.41, 5.74) is 24.8. The second-order valence-corrected chi connectivity index (χ2v) is 26.2. The molecular formula is C100H66. The van der Waals surface area contributed by atoms with Crippen LogP contribution in [0.5, 0.6) is 0 Å². The molecule has 100 heavy (non-hydrogen) atoms. The van der Waals surface area contributed by atoms with E-state index in [0.29, 0.717) is 0 Å². The topological polar surface area (TPSA) is 0 Å². The van der Waals surface area contributed by atoms with Crippen molar-refractivity contribution in [1.82, 2.24) is 0 Å². The summed E-state index contributed by atoms with van der Waals surface area (Å²) in [7, 11) is 0. The molecule has 0 nitrogen and oxygen atoms in total.